The Morgan fingerprint density at radius 1 is 0.963 bits per heavy atom. The quantitative estimate of drug-likeness (QED) is 0.779. The van der Waals surface area contributed by atoms with Gasteiger partial charge >= 0.3 is 0 Å². The summed E-state index contributed by atoms with van der Waals surface area (Å²) in [5.41, 5.74) is -0.155. The van der Waals surface area contributed by atoms with E-state index in [1.165, 1.54) is 25.0 Å². The van der Waals surface area contributed by atoms with Crippen molar-refractivity contribution >= 4 is 21.7 Å². The number of hydrogen-bond acceptors (Lipinski definition) is 6. The smallest absolute Gasteiger partial charge is 0.263 e. The Balaban J connectivity index is 1.65. The number of sulfonamides is 1. The largest absolute Gasteiger partial charge is 0.490 e. The van der Waals surface area contributed by atoms with E-state index >= 15 is 0 Å². The first-order valence-electron chi connectivity index (χ1n) is 9.13. The van der Waals surface area contributed by atoms with Gasteiger partial charge in [-0.15, -0.1) is 10.2 Å². The maximum atomic E-state index is 12.5. The number of anilines is 2. The molecule has 1 aliphatic carbocycles. The molecule has 0 amide bonds. The first-order valence-corrected chi connectivity index (χ1v) is 10.6. The first kappa shape index (κ1) is 19.4. The average molecular weight is 391 g/mol. The number of hydrogen-bond donors (Lipinski definition) is 2. The summed E-state index contributed by atoms with van der Waals surface area (Å²) in [4.78, 5) is 0.153. The number of benzene rings is 1. The van der Waals surface area contributed by atoms with Crippen molar-refractivity contribution in [1.82, 2.24) is 10.2 Å². The van der Waals surface area contributed by atoms with Gasteiger partial charge in [0.1, 0.15) is 11.6 Å². The number of ether oxygens (including phenoxy) is 1. The normalized spacial score (nSPS) is 15.5. The van der Waals surface area contributed by atoms with Crippen LogP contribution < -0.4 is 14.8 Å². The van der Waals surface area contributed by atoms with Crippen molar-refractivity contribution in [1.29, 1.82) is 0 Å². The van der Waals surface area contributed by atoms with Gasteiger partial charge in [-0.05, 0) is 82.9 Å². The van der Waals surface area contributed by atoms with E-state index in [-0.39, 0.29) is 22.4 Å². The second kappa shape index (κ2) is 7.72. The fraction of sp³-hybridized carbons (Fsp3) is 0.474. The van der Waals surface area contributed by atoms with Crippen LogP contribution in [0.2, 0.25) is 0 Å². The molecule has 1 saturated carbocycles. The Morgan fingerprint density at radius 3 is 2.11 bits per heavy atom. The lowest BCUT2D eigenvalue weighted by Crippen LogP contribution is -2.26. The van der Waals surface area contributed by atoms with Crippen LogP contribution >= 0.6 is 0 Å². The lowest BCUT2D eigenvalue weighted by atomic mass is 10.1. The van der Waals surface area contributed by atoms with E-state index in [1.807, 2.05) is 20.8 Å². The molecule has 0 saturated heterocycles. The van der Waals surface area contributed by atoms with Crippen molar-refractivity contribution in [3.05, 3.63) is 36.4 Å². The van der Waals surface area contributed by atoms with Crippen molar-refractivity contribution in [3.63, 3.8) is 0 Å². The summed E-state index contributed by atoms with van der Waals surface area (Å²) in [5.74, 6) is 1.44. The van der Waals surface area contributed by atoms with Crippen LogP contribution in [0, 0.1) is 0 Å². The lowest BCUT2D eigenvalue weighted by Gasteiger charge is -2.20. The van der Waals surface area contributed by atoms with Gasteiger partial charge in [-0.25, -0.2) is 8.42 Å². The SMILES string of the molecule is CC(C)(C)Nc1ccc(NS(=O)(=O)c2ccc(OC3CCCC3)cc2)nn1. The second-order valence-electron chi connectivity index (χ2n) is 7.78. The van der Waals surface area contributed by atoms with Crippen molar-refractivity contribution in [2.45, 2.75) is 63.0 Å². The molecule has 0 bridgehead atoms. The molecule has 146 valence electrons. The molecule has 0 radical (unpaired) electrons. The molecule has 1 fully saturated rings. The zero-order valence-corrected chi connectivity index (χ0v) is 16.7. The van der Waals surface area contributed by atoms with Gasteiger partial charge in [0.2, 0.25) is 0 Å². The molecule has 1 aromatic heterocycles. The Hall–Kier alpha value is -2.35. The van der Waals surface area contributed by atoms with Crippen LogP contribution in [0.5, 0.6) is 5.75 Å². The summed E-state index contributed by atoms with van der Waals surface area (Å²) < 4.78 is 33.4. The van der Waals surface area contributed by atoms with Crippen LogP contribution in [0.15, 0.2) is 41.3 Å². The van der Waals surface area contributed by atoms with Gasteiger partial charge in [-0.1, -0.05) is 0 Å². The topological polar surface area (TPSA) is 93.2 Å². The summed E-state index contributed by atoms with van der Waals surface area (Å²) in [6, 6.07) is 9.72. The molecule has 0 aliphatic heterocycles. The fourth-order valence-corrected chi connectivity index (χ4v) is 3.93. The highest BCUT2D eigenvalue weighted by molar-refractivity contribution is 7.92. The third-order valence-electron chi connectivity index (χ3n) is 4.15. The minimum absolute atomic E-state index is 0.153. The van der Waals surface area contributed by atoms with Crippen LogP contribution in [0.3, 0.4) is 0 Å². The third kappa shape index (κ3) is 5.56. The Kier molecular flexibility index (Phi) is 5.55. The van der Waals surface area contributed by atoms with E-state index in [4.69, 9.17) is 4.74 Å². The molecule has 2 N–H and O–H groups in total. The van der Waals surface area contributed by atoms with Crippen LogP contribution in [-0.2, 0) is 10.0 Å². The van der Waals surface area contributed by atoms with Gasteiger partial charge in [0, 0.05) is 5.54 Å². The molecule has 0 spiro atoms. The molecule has 0 atom stereocenters. The molecule has 1 aromatic carbocycles. The fourth-order valence-electron chi connectivity index (χ4n) is 2.93. The molecular formula is C19H26N4O3S. The van der Waals surface area contributed by atoms with Gasteiger partial charge in [-0.2, -0.15) is 0 Å². The summed E-state index contributed by atoms with van der Waals surface area (Å²) in [5, 5.41) is 11.1. The highest BCUT2D eigenvalue weighted by atomic mass is 32.2. The Morgan fingerprint density at radius 2 is 1.56 bits per heavy atom. The van der Waals surface area contributed by atoms with E-state index in [0.717, 1.165) is 12.8 Å². The predicted molar refractivity (Wildman–Crippen MR) is 106 cm³/mol. The van der Waals surface area contributed by atoms with E-state index in [1.54, 1.807) is 24.3 Å². The summed E-state index contributed by atoms with van der Waals surface area (Å²) in [6.07, 6.45) is 4.72. The molecule has 2 aromatic rings. The Bertz CT molecular complexity index is 853. The standard InChI is InChI=1S/C19H26N4O3S/c1-19(2,3)20-17-12-13-18(22-21-17)23-27(24,25)16-10-8-15(9-11-16)26-14-6-4-5-7-14/h8-14H,4-7H2,1-3H3,(H,20,21)(H,22,23). The molecule has 0 unspecified atom stereocenters. The van der Waals surface area contributed by atoms with E-state index in [2.05, 4.69) is 20.2 Å². The Labute approximate surface area is 160 Å². The molecule has 27 heavy (non-hydrogen) atoms. The summed E-state index contributed by atoms with van der Waals surface area (Å²) >= 11 is 0. The zero-order chi connectivity index (χ0) is 19.5. The van der Waals surface area contributed by atoms with Crippen LogP contribution in [0.4, 0.5) is 11.6 Å². The number of rotatable bonds is 6. The van der Waals surface area contributed by atoms with Crippen molar-refractivity contribution in [3.8, 4) is 5.75 Å². The second-order valence-corrected chi connectivity index (χ2v) is 9.46. The monoisotopic (exact) mass is 390 g/mol. The minimum Gasteiger partial charge on any atom is -0.490 e. The molecular weight excluding hydrogens is 364 g/mol. The van der Waals surface area contributed by atoms with Gasteiger partial charge in [0.25, 0.3) is 10.0 Å². The van der Waals surface area contributed by atoms with Crippen LogP contribution in [0.25, 0.3) is 0 Å². The van der Waals surface area contributed by atoms with Crippen LogP contribution in [0.1, 0.15) is 46.5 Å². The predicted octanol–water partition coefficient (Wildman–Crippen LogP) is 3.81. The minimum atomic E-state index is -3.73. The number of aromatic nitrogens is 2. The highest BCUT2D eigenvalue weighted by Crippen LogP contribution is 2.25. The van der Waals surface area contributed by atoms with Gasteiger partial charge in [0.05, 0.1) is 11.0 Å². The van der Waals surface area contributed by atoms with Gasteiger partial charge in [-0.3, -0.25) is 4.72 Å². The third-order valence-corrected chi connectivity index (χ3v) is 5.52. The van der Waals surface area contributed by atoms with E-state index < -0.39 is 10.0 Å². The number of nitrogens with one attached hydrogen (secondary N) is 2. The van der Waals surface area contributed by atoms with Gasteiger partial charge < -0.3 is 10.1 Å². The van der Waals surface area contributed by atoms with Crippen molar-refractivity contribution in [2.75, 3.05) is 10.0 Å². The number of nitrogens with zero attached hydrogens (tertiary/aromatic N) is 2. The van der Waals surface area contributed by atoms with E-state index in [9.17, 15) is 8.42 Å². The van der Waals surface area contributed by atoms with Gasteiger partial charge in [0.15, 0.2) is 5.82 Å². The molecule has 1 heterocycles. The maximum Gasteiger partial charge on any atom is 0.263 e. The zero-order valence-electron chi connectivity index (χ0n) is 15.9. The van der Waals surface area contributed by atoms with Crippen molar-refractivity contribution < 1.29 is 13.2 Å². The molecule has 7 nitrogen and oxygen atoms in total. The highest BCUT2D eigenvalue weighted by Gasteiger charge is 2.18. The molecule has 3 rings (SSSR count). The van der Waals surface area contributed by atoms with E-state index in [0.29, 0.717) is 11.6 Å². The summed E-state index contributed by atoms with van der Waals surface area (Å²) in [6.45, 7) is 6.02. The lowest BCUT2D eigenvalue weighted by molar-refractivity contribution is 0.210. The van der Waals surface area contributed by atoms with Crippen molar-refractivity contribution in [2.24, 2.45) is 0 Å². The maximum absolute atomic E-state index is 12.5. The van der Waals surface area contributed by atoms with Crippen LogP contribution in [-0.4, -0.2) is 30.3 Å². The average Bonchev–Trinajstić information content (AvgIpc) is 3.09. The molecule has 1 aliphatic rings. The molecule has 8 heteroatoms. The summed E-state index contributed by atoms with van der Waals surface area (Å²) in [7, 11) is -3.73. The first-order chi connectivity index (χ1) is 12.7.